The van der Waals surface area contributed by atoms with Gasteiger partial charge in [0.05, 0.1) is 0 Å². The number of benzene rings is 1. The third-order valence-electron chi connectivity index (χ3n) is 2.90. The lowest BCUT2D eigenvalue weighted by molar-refractivity contribution is 0.641. The zero-order chi connectivity index (χ0) is 13.8. The Balaban J connectivity index is 2.26. The Bertz CT molecular complexity index is 555. The second-order valence-electron chi connectivity index (χ2n) is 4.45. The summed E-state index contributed by atoms with van der Waals surface area (Å²) in [5.41, 5.74) is 7.20. The molecule has 0 aliphatic carbocycles. The van der Waals surface area contributed by atoms with Crippen LogP contribution in [0.25, 0.3) is 0 Å². The smallest absolute Gasteiger partial charge is 0.195 e. The summed E-state index contributed by atoms with van der Waals surface area (Å²) in [6.45, 7) is 2.09. The highest BCUT2D eigenvalue weighted by molar-refractivity contribution is 7.99. The topological polar surface area (TPSA) is 56.7 Å². The van der Waals surface area contributed by atoms with Gasteiger partial charge in [0.1, 0.15) is 6.33 Å². The summed E-state index contributed by atoms with van der Waals surface area (Å²) in [5, 5.41) is 9.56. The number of hydrogen-bond acceptors (Lipinski definition) is 4. The molecule has 0 spiro atoms. The Morgan fingerprint density at radius 2 is 2.26 bits per heavy atom. The van der Waals surface area contributed by atoms with Crippen LogP contribution in [-0.4, -0.2) is 20.8 Å². The summed E-state index contributed by atoms with van der Waals surface area (Å²) < 4.78 is 1.89. The van der Waals surface area contributed by atoms with Gasteiger partial charge in [-0.2, -0.15) is 0 Å². The fraction of sp³-hybridized carbons (Fsp3) is 0.385. The van der Waals surface area contributed by atoms with Crippen LogP contribution in [0.2, 0.25) is 5.02 Å². The molecule has 1 aromatic heterocycles. The van der Waals surface area contributed by atoms with Crippen LogP contribution in [-0.2, 0) is 13.5 Å². The number of hydrogen-bond donors (Lipinski definition) is 1. The summed E-state index contributed by atoms with van der Waals surface area (Å²) in [5.74, 6) is 0. The van der Waals surface area contributed by atoms with Gasteiger partial charge in [-0.15, -0.1) is 10.2 Å². The molecule has 6 heteroatoms. The maximum Gasteiger partial charge on any atom is 0.195 e. The predicted octanol–water partition coefficient (Wildman–Crippen LogP) is 2.90. The molecule has 2 aromatic rings. The van der Waals surface area contributed by atoms with Crippen molar-refractivity contribution in [3.8, 4) is 0 Å². The minimum Gasteiger partial charge on any atom is -0.327 e. The zero-order valence-electron chi connectivity index (χ0n) is 11.0. The first kappa shape index (κ1) is 14.4. The van der Waals surface area contributed by atoms with Gasteiger partial charge in [0.15, 0.2) is 5.16 Å². The summed E-state index contributed by atoms with van der Waals surface area (Å²) in [6.07, 6.45) is 3.45. The maximum atomic E-state index is 6.07. The minimum atomic E-state index is 0.150. The number of rotatable bonds is 5. The van der Waals surface area contributed by atoms with Crippen LogP contribution in [0.15, 0.2) is 34.6 Å². The predicted molar refractivity (Wildman–Crippen MR) is 78.5 cm³/mol. The van der Waals surface area contributed by atoms with E-state index in [1.807, 2.05) is 29.8 Å². The molecule has 0 aliphatic rings. The largest absolute Gasteiger partial charge is 0.327 e. The summed E-state index contributed by atoms with van der Waals surface area (Å²) in [4.78, 5) is 1.13. The molecule has 1 unspecified atom stereocenters. The number of aryl methyl sites for hydroxylation is 1. The summed E-state index contributed by atoms with van der Waals surface area (Å²) in [7, 11) is 1.93. The summed E-state index contributed by atoms with van der Waals surface area (Å²) >= 11 is 7.66. The van der Waals surface area contributed by atoms with Crippen LogP contribution in [0.1, 0.15) is 18.9 Å². The van der Waals surface area contributed by atoms with Crippen LogP contribution in [0.3, 0.4) is 0 Å². The van der Waals surface area contributed by atoms with E-state index in [-0.39, 0.29) is 6.04 Å². The van der Waals surface area contributed by atoms with Gasteiger partial charge in [0, 0.05) is 23.0 Å². The molecule has 102 valence electrons. The SMILES string of the molecule is CCC(N)Cc1cc(Cl)ccc1Sc1nncn1C. The fourth-order valence-corrected chi connectivity index (χ4v) is 2.78. The highest BCUT2D eigenvalue weighted by atomic mass is 35.5. The Morgan fingerprint density at radius 1 is 1.47 bits per heavy atom. The molecule has 4 nitrogen and oxygen atoms in total. The average molecular weight is 297 g/mol. The highest BCUT2D eigenvalue weighted by Crippen LogP contribution is 2.31. The van der Waals surface area contributed by atoms with Gasteiger partial charge in [-0.1, -0.05) is 18.5 Å². The van der Waals surface area contributed by atoms with Crippen LogP contribution in [0.5, 0.6) is 0 Å². The molecule has 0 aliphatic heterocycles. The molecule has 0 radical (unpaired) electrons. The number of halogens is 1. The van der Waals surface area contributed by atoms with Gasteiger partial charge >= 0.3 is 0 Å². The first-order chi connectivity index (χ1) is 9.10. The van der Waals surface area contributed by atoms with E-state index in [4.69, 9.17) is 17.3 Å². The van der Waals surface area contributed by atoms with Crippen LogP contribution < -0.4 is 5.73 Å². The second-order valence-corrected chi connectivity index (χ2v) is 5.90. The van der Waals surface area contributed by atoms with Crippen molar-refractivity contribution in [2.45, 2.75) is 35.9 Å². The lowest BCUT2D eigenvalue weighted by Gasteiger charge is -2.13. The lowest BCUT2D eigenvalue weighted by Crippen LogP contribution is -2.21. The molecule has 0 amide bonds. The molecule has 1 aromatic carbocycles. The van der Waals surface area contributed by atoms with E-state index in [0.717, 1.165) is 33.5 Å². The van der Waals surface area contributed by atoms with Crippen molar-refractivity contribution in [3.63, 3.8) is 0 Å². The Morgan fingerprint density at radius 3 is 2.89 bits per heavy atom. The van der Waals surface area contributed by atoms with E-state index in [0.29, 0.717) is 0 Å². The Hall–Kier alpha value is -1.04. The monoisotopic (exact) mass is 296 g/mol. The zero-order valence-corrected chi connectivity index (χ0v) is 12.6. The van der Waals surface area contributed by atoms with Crippen molar-refractivity contribution in [1.29, 1.82) is 0 Å². The fourth-order valence-electron chi connectivity index (χ4n) is 1.70. The van der Waals surface area contributed by atoms with Crippen molar-refractivity contribution in [2.75, 3.05) is 0 Å². The average Bonchev–Trinajstić information content (AvgIpc) is 2.78. The van der Waals surface area contributed by atoms with Gasteiger partial charge in [0.25, 0.3) is 0 Å². The molecule has 0 bridgehead atoms. The van der Waals surface area contributed by atoms with Gasteiger partial charge in [-0.3, -0.25) is 0 Å². The van der Waals surface area contributed by atoms with E-state index in [2.05, 4.69) is 17.1 Å². The standard InChI is InChI=1S/C13H17ClN4S/c1-3-11(15)7-9-6-10(14)4-5-12(9)19-13-17-16-8-18(13)2/h4-6,8,11H,3,7,15H2,1-2H3. The Labute approximate surface area is 122 Å². The third-order valence-corrected chi connectivity index (χ3v) is 4.31. The number of nitrogens with two attached hydrogens (primary N) is 1. The molecule has 1 atom stereocenters. The van der Waals surface area contributed by atoms with Crippen LogP contribution >= 0.6 is 23.4 Å². The normalized spacial score (nSPS) is 12.6. The quantitative estimate of drug-likeness (QED) is 0.922. The van der Waals surface area contributed by atoms with Gasteiger partial charge in [-0.25, -0.2) is 0 Å². The first-order valence-corrected chi connectivity index (χ1v) is 7.35. The number of nitrogens with zero attached hydrogens (tertiary/aromatic N) is 3. The van der Waals surface area contributed by atoms with E-state index >= 15 is 0 Å². The molecule has 0 fully saturated rings. The molecule has 1 heterocycles. The summed E-state index contributed by atoms with van der Waals surface area (Å²) in [6, 6.07) is 6.04. The molecule has 19 heavy (non-hydrogen) atoms. The second kappa shape index (κ2) is 6.41. The van der Waals surface area contributed by atoms with E-state index < -0.39 is 0 Å². The van der Waals surface area contributed by atoms with Crippen molar-refractivity contribution in [2.24, 2.45) is 12.8 Å². The lowest BCUT2D eigenvalue weighted by atomic mass is 10.0. The first-order valence-electron chi connectivity index (χ1n) is 6.16. The van der Waals surface area contributed by atoms with Crippen molar-refractivity contribution in [3.05, 3.63) is 35.1 Å². The molecule has 2 N–H and O–H groups in total. The van der Waals surface area contributed by atoms with Crippen molar-refractivity contribution in [1.82, 2.24) is 14.8 Å². The maximum absolute atomic E-state index is 6.07. The molecule has 2 rings (SSSR count). The third kappa shape index (κ3) is 3.72. The highest BCUT2D eigenvalue weighted by Gasteiger charge is 2.11. The van der Waals surface area contributed by atoms with E-state index in [1.54, 1.807) is 18.1 Å². The van der Waals surface area contributed by atoms with Gasteiger partial charge in [0.2, 0.25) is 0 Å². The molecule has 0 saturated carbocycles. The van der Waals surface area contributed by atoms with E-state index in [9.17, 15) is 0 Å². The van der Waals surface area contributed by atoms with Crippen LogP contribution in [0.4, 0.5) is 0 Å². The molecular formula is C13H17ClN4S. The minimum absolute atomic E-state index is 0.150. The van der Waals surface area contributed by atoms with Crippen molar-refractivity contribution >= 4 is 23.4 Å². The van der Waals surface area contributed by atoms with E-state index in [1.165, 1.54) is 0 Å². The Kier molecular flexibility index (Phi) is 4.85. The molecular weight excluding hydrogens is 280 g/mol. The van der Waals surface area contributed by atoms with Gasteiger partial charge in [-0.05, 0) is 48.4 Å². The van der Waals surface area contributed by atoms with Gasteiger partial charge < -0.3 is 10.3 Å². The molecule has 0 saturated heterocycles. The van der Waals surface area contributed by atoms with Crippen LogP contribution in [0, 0.1) is 0 Å². The number of aromatic nitrogens is 3. The van der Waals surface area contributed by atoms with Crippen molar-refractivity contribution < 1.29 is 0 Å².